The summed E-state index contributed by atoms with van der Waals surface area (Å²) < 4.78 is 1.84. The Hall–Kier alpha value is -1.68. The van der Waals surface area contributed by atoms with E-state index in [1.807, 2.05) is 4.68 Å². The van der Waals surface area contributed by atoms with Crippen LogP contribution in [0.15, 0.2) is 36.9 Å². The Bertz CT molecular complexity index is 464. The van der Waals surface area contributed by atoms with Gasteiger partial charge in [-0.2, -0.15) is 5.10 Å². The van der Waals surface area contributed by atoms with E-state index < -0.39 is 0 Å². The third-order valence-electron chi connectivity index (χ3n) is 2.98. The van der Waals surface area contributed by atoms with Crippen molar-refractivity contribution >= 4 is 0 Å². The zero-order valence-corrected chi connectivity index (χ0v) is 10.2. The number of rotatable bonds is 4. The summed E-state index contributed by atoms with van der Waals surface area (Å²) in [7, 11) is 0. The Balaban J connectivity index is 2.40. The first-order valence-corrected chi connectivity index (χ1v) is 5.88. The molecule has 2 aromatic rings. The van der Waals surface area contributed by atoms with Crippen molar-refractivity contribution in [2.45, 2.75) is 32.4 Å². The van der Waals surface area contributed by atoms with Crippen molar-refractivity contribution in [3.05, 3.63) is 48.0 Å². The highest BCUT2D eigenvalue weighted by molar-refractivity contribution is 5.26. The molecule has 0 amide bonds. The first-order valence-electron chi connectivity index (χ1n) is 5.88. The molecule has 0 saturated carbocycles. The molecule has 1 aromatic heterocycles. The first-order chi connectivity index (χ1) is 8.22. The Labute approximate surface area is 101 Å². The molecule has 0 saturated heterocycles. The molecule has 2 rings (SSSR count). The highest BCUT2D eigenvalue weighted by atomic mass is 15.3. The molecule has 17 heavy (non-hydrogen) atoms. The van der Waals surface area contributed by atoms with Crippen molar-refractivity contribution in [3.8, 4) is 0 Å². The van der Waals surface area contributed by atoms with Crippen molar-refractivity contribution < 1.29 is 0 Å². The second-order valence-corrected chi connectivity index (χ2v) is 4.31. The zero-order valence-electron chi connectivity index (χ0n) is 10.2. The van der Waals surface area contributed by atoms with Crippen LogP contribution < -0.4 is 5.73 Å². The van der Waals surface area contributed by atoms with E-state index in [0.717, 1.165) is 6.42 Å². The molecule has 1 aromatic carbocycles. The second-order valence-electron chi connectivity index (χ2n) is 4.31. The topological polar surface area (TPSA) is 56.7 Å². The lowest BCUT2D eigenvalue weighted by Gasteiger charge is -2.23. The molecule has 0 spiro atoms. The molecular formula is C13H18N4. The molecule has 2 N–H and O–H groups in total. The smallest absolute Gasteiger partial charge is 0.137 e. The molecule has 1 heterocycles. The number of hydrogen-bond acceptors (Lipinski definition) is 3. The number of hydrogen-bond donors (Lipinski definition) is 1. The molecule has 0 aliphatic carbocycles. The van der Waals surface area contributed by atoms with Gasteiger partial charge in [-0.3, -0.25) is 0 Å². The molecule has 0 bridgehead atoms. The SMILES string of the molecule is CCC(N)C(c1cccc(C)c1)n1cncn1. The maximum absolute atomic E-state index is 6.20. The standard InChI is InChI=1S/C13H18N4/c1-3-12(14)13(17-9-15-8-16-17)11-6-4-5-10(2)7-11/h4-9,12-13H,3,14H2,1-2H3. The molecular weight excluding hydrogens is 212 g/mol. The van der Waals surface area contributed by atoms with Crippen molar-refractivity contribution in [1.29, 1.82) is 0 Å². The fraction of sp³-hybridized carbons (Fsp3) is 0.385. The fourth-order valence-electron chi connectivity index (χ4n) is 2.03. The number of nitrogens with two attached hydrogens (primary N) is 1. The molecule has 2 unspecified atom stereocenters. The van der Waals surface area contributed by atoms with Gasteiger partial charge in [-0.05, 0) is 18.9 Å². The predicted octanol–water partition coefficient (Wildman–Crippen LogP) is 1.91. The van der Waals surface area contributed by atoms with E-state index in [1.165, 1.54) is 11.1 Å². The van der Waals surface area contributed by atoms with Gasteiger partial charge in [0.25, 0.3) is 0 Å². The van der Waals surface area contributed by atoms with Gasteiger partial charge in [0.1, 0.15) is 12.7 Å². The maximum Gasteiger partial charge on any atom is 0.137 e. The summed E-state index contributed by atoms with van der Waals surface area (Å²) >= 11 is 0. The average molecular weight is 230 g/mol. The summed E-state index contributed by atoms with van der Waals surface area (Å²) in [6.07, 6.45) is 4.17. The maximum atomic E-state index is 6.20. The van der Waals surface area contributed by atoms with Crippen LogP contribution in [0.5, 0.6) is 0 Å². The van der Waals surface area contributed by atoms with Gasteiger partial charge in [0.15, 0.2) is 0 Å². The summed E-state index contributed by atoms with van der Waals surface area (Å²) in [5.74, 6) is 0. The lowest BCUT2D eigenvalue weighted by atomic mass is 9.97. The van der Waals surface area contributed by atoms with E-state index in [0.29, 0.717) is 0 Å². The van der Waals surface area contributed by atoms with Crippen LogP contribution in [0, 0.1) is 6.92 Å². The fourth-order valence-corrected chi connectivity index (χ4v) is 2.03. The number of aromatic nitrogens is 3. The van der Waals surface area contributed by atoms with E-state index in [1.54, 1.807) is 12.7 Å². The van der Waals surface area contributed by atoms with Gasteiger partial charge in [0.2, 0.25) is 0 Å². The molecule has 0 fully saturated rings. The second kappa shape index (κ2) is 5.10. The largest absolute Gasteiger partial charge is 0.326 e. The van der Waals surface area contributed by atoms with Crippen LogP contribution in [-0.2, 0) is 0 Å². The average Bonchev–Trinajstić information content (AvgIpc) is 2.83. The highest BCUT2D eigenvalue weighted by Gasteiger charge is 2.20. The summed E-state index contributed by atoms with van der Waals surface area (Å²) in [5, 5.41) is 4.22. The Kier molecular flexibility index (Phi) is 3.54. The van der Waals surface area contributed by atoms with Crippen LogP contribution in [0.1, 0.15) is 30.5 Å². The third kappa shape index (κ3) is 2.53. The summed E-state index contributed by atoms with van der Waals surface area (Å²) in [5.41, 5.74) is 8.62. The molecule has 2 atom stereocenters. The lowest BCUT2D eigenvalue weighted by Crippen LogP contribution is -2.32. The van der Waals surface area contributed by atoms with Crippen molar-refractivity contribution in [2.24, 2.45) is 5.73 Å². The molecule has 0 aliphatic rings. The van der Waals surface area contributed by atoms with E-state index in [2.05, 4.69) is 48.2 Å². The molecule has 0 radical (unpaired) electrons. The van der Waals surface area contributed by atoms with Crippen LogP contribution >= 0.6 is 0 Å². The van der Waals surface area contributed by atoms with Gasteiger partial charge in [0.05, 0.1) is 6.04 Å². The van der Waals surface area contributed by atoms with Crippen LogP contribution in [0.3, 0.4) is 0 Å². The minimum atomic E-state index is 0.0403. The van der Waals surface area contributed by atoms with Crippen LogP contribution in [0.4, 0.5) is 0 Å². The van der Waals surface area contributed by atoms with Gasteiger partial charge in [-0.1, -0.05) is 36.8 Å². The monoisotopic (exact) mass is 230 g/mol. The first kappa shape index (κ1) is 11.8. The van der Waals surface area contributed by atoms with Gasteiger partial charge in [0, 0.05) is 6.04 Å². The van der Waals surface area contributed by atoms with E-state index in [9.17, 15) is 0 Å². The molecule has 4 heteroatoms. The Morgan fingerprint density at radius 2 is 2.24 bits per heavy atom. The number of aryl methyl sites for hydroxylation is 1. The van der Waals surface area contributed by atoms with E-state index >= 15 is 0 Å². The van der Waals surface area contributed by atoms with E-state index in [4.69, 9.17) is 5.73 Å². The van der Waals surface area contributed by atoms with Gasteiger partial charge in [-0.15, -0.1) is 0 Å². The van der Waals surface area contributed by atoms with Crippen molar-refractivity contribution in [1.82, 2.24) is 14.8 Å². The predicted molar refractivity (Wildman–Crippen MR) is 67.6 cm³/mol. The minimum Gasteiger partial charge on any atom is -0.326 e. The Morgan fingerprint density at radius 1 is 1.41 bits per heavy atom. The van der Waals surface area contributed by atoms with Crippen LogP contribution in [0.25, 0.3) is 0 Å². The van der Waals surface area contributed by atoms with Gasteiger partial charge < -0.3 is 5.73 Å². The van der Waals surface area contributed by atoms with E-state index in [-0.39, 0.29) is 12.1 Å². The van der Waals surface area contributed by atoms with Gasteiger partial charge >= 0.3 is 0 Å². The normalized spacial score (nSPS) is 14.5. The Morgan fingerprint density at radius 3 is 2.82 bits per heavy atom. The third-order valence-corrected chi connectivity index (χ3v) is 2.98. The van der Waals surface area contributed by atoms with Gasteiger partial charge in [-0.25, -0.2) is 9.67 Å². The molecule has 4 nitrogen and oxygen atoms in total. The lowest BCUT2D eigenvalue weighted by molar-refractivity contribution is 0.423. The van der Waals surface area contributed by atoms with Crippen LogP contribution in [0.2, 0.25) is 0 Å². The molecule has 90 valence electrons. The van der Waals surface area contributed by atoms with Crippen molar-refractivity contribution in [2.75, 3.05) is 0 Å². The highest BCUT2D eigenvalue weighted by Crippen LogP contribution is 2.22. The van der Waals surface area contributed by atoms with Crippen molar-refractivity contribution in [3.63, 3.8) is 0 Å². The number of benzene rings is 1. The van der Waals surface area contributed by atoms with Crippen LogP contribution in [-0.4, -0.2) is 20.8 Å². The number of nitrogens with zero attached hydrogens (tertiary/aromatic N) is 3. The molecule has 0 aliphatic heterocycles. The summed E-state index contributed by atoms with van der Waals surface area (Å²) in [6, 6.07) is 8.48. The minimum absolute atomic E-state index is 0.0403. The summed E-state index contributed by atoms with van der Waals surface area (Å²) in [6.45, 7) is 4.17. The quantitative estimate of drug-likeness (QED) is 0.873. The zero-order chi connectivity index (χ0) is 12.3. The summed E-state index contributed by atoms with van der Waals surface area (Å²) in [4.78, 5) is 4.00.